The Hall–Kier alpha value is -6.66. The molecule has 0 bridgehead atoms. The third-order valence-corrected chi connectivity index (χ3v) is 9.76. The highest BCUT2D eigenvalue weighted by Gasteiger charge is 2.25. The van der Waals surface area contributed by atoms with E-state index in [9.17, 15) is 0 Å². The van der Waals surface area contributed by atoms with E-state index in [0.29, 0.717) is 17.5 Å². The van der Waals surface area contributed by atoms with Crippen LogP contribution in [0.2, 0.25) is 0 Å². The van der Waals surface area contributed by atoms with Crippen molar-refractivity contribution in [2.24, 2.45) is 0 Å². The van der Waals surface area contributed by atoms with Gasteiger partial charge in [-0.15, -0.1) is 0 Å². The number of nitrogens with zero attached hydrogens (tertiary/aromatic N) is 4. The van der Waals surface area contributed by atoms with Crippen molar-refractivity contribution in [1.29, 1.82) is 0 Å². The van der Waals surface area contributed by atoms with Crippen molar-refractivity contribution in [1.82, 2.24) is 19.9 Å². The normalized spacial score (nSPS) is 12.6. The topological polar surface area (TPSA) is 77.8 Å². The molecule has 0 fully saturated rings. The van der Waals surface area contributed by atoms with E-state index < -0.39 is 0 Å². The van der Waals surface area contributed by atoms with Gasteiger partial charge in [-0.05, 0) is 66.3 Å². The lowest BCUT2D eigenvalue weighted by Crippen LogP contribution is -2.00. The minimum Gasteiger partial charge on any atom is -0.454 e. The molecule has 0 unspecified atom stereocenters. The van der Waals surface area contributed by atoms with Gasteiger partial charge in [-0.2, -0.15) is 0 Å². The Labute approximate surface area is 293 Å². The fourth-order valence-corrected chi connectivity index (χ4v) is 7.23. The predicted octanol–water partition coefficient (Wildman–Crippen LogP) is 11.5. The number of rotatable bonds is 5. The molecule has 6 nitrogen and oxygen atoms in total. The quantitative estimate of drug-likeness (QED) is 0.183. The molecule has 51 heavy (non-hydrogen) atoms. The van der Waals surface area contributed by atoms with Gasteiger partial charge in [0.15, 0.2) is 28.6 Å². The number of aromatic nitrogens is 4. The number of furan rings is 2. The highest BCUT2D eigenvalue weighted by molar-refractivity contribution is 6.14. The maximum absolute atomic E-state index is 6.52. The summed E-state index contributed by atoms with van der Waals surface area (Å²) >= 11 is 0. The number of hydrogen-bond donors (Lipinski definition) is 0. The van der Waals surface area contributed by atoms with Crippen molar-refractivity contribution < 1.29 is 8.83 Å². The van der Waals surface area contributed by atoms with E-state index in [4.69, 9.17) is 28.8 Å². The first-order valence-electron chi connectivity index (χ1n) is 17.2. The number of hydrogen-bond acceptors (Lipinski definition) is 6. The maximum atomic E-state index is 6.52. The van der Waals surface area contributed by atoms with E-state index in [1.165, 1.54) is 5.56 Å². The Kier molecular flexibility index (Phi) is 6.74. The van der Waals surface area contributed by atoms with E-state index in [1.54, 1.807) is 0 Å². The van der Waals surface area contributed by atoms with Crippen LogP contribution in [0, 0.1) is 6.92 Å². The van der Waals surface area contributed by atoms with Gasteiger partial charge in [0.1, 0.15) is 22.4 Å². The zero-order valence-corrected chi connectivity index (χ0v) is 27.8. The summed E-state index contributed by atoms with van der Waals surface area (Å²) < 4.78 is 13.0. The Morgan fingerprint density at radius 1 is 0.529 bits per heavy atom. The number of fused-ring (bicyclic) bond motifs is 6. The molecule has 0 aliphatic heterocycles. The fraction of sp³-hybridized carbons (Fsp3) is 0.0667. The van der Waals surface area contributed by atoms with Crippen LogP contribution in [-0.4, -0.2) is 19.9 Å². The molecule has 0 saturated carbocycles. The average Bonchev–Trinajstić information content (AvgIpc) is 3.76. The lowest BCUT2D eigenvalue weighted by atomic mass is 9.95. The standard InChI is InChI=1S/C45H30N4O2/c1-27-26-32(45-48-43(30-12-4-2-5-13-30)47-44(49-45)31-14-6-3-7-15-31)24-25-33(27)28-20-22-29(23-21-28)38-41-39(34-16-8-10-18-36(34)50-41)46-40-35-17-9-11-19-37(35)51-42(38)40/h2-8,10-16,18-26H,9,17H2,1H3. The van der Waals surface area contributed by atoms with Gasteiger partial charge in [-0.3, -0.25) is 0 Å². The van der Waals surface area contributed by atoms with Crippen LogP contribution >= 0.6 is 0 Å². The minimum absolute atomic E-state index is 0.639. The van der Waals surface area contributed by atoms with Gasteiger partial charge in [0.2, 0.25) is 0 Å². The van der Waals surface area contributed by atoms with Crippen molar-refractivity contribution in [2.75, 3.05) is 0 Å². The highest BCUT2D eigenvalue weighted by atomic mass is 16.3. The summed E-state index contributed by atoms with van der Waals surface area (Å²) in [6.07, 6.45) is 6.12. The number of benzene rings is 5. The van der Waals surface area contributed by atoms with E-state index >= 15 is 0 Å². The van der Waals surface area contributed by atoms with Crippen molar-refractivity contribution in [3.8, 4) is 56.4 Å². The smallest absolute Gasteiger partial charge is 0.165 e. The average molecular weight is 659 g/mol. The molecule has 0 N–H and O–H groups in total. The number of para-hydroxylation sites is 1. The molecule has 10 rings (SSSR count). The van der Waals surface area contributed by atoms with Gasteiger partial charge in [0.25, 0.3) is 0 Å². The Bertz CT molecular complexity index is 2740. The van der Waals surface area contributed by atoms with Crippen LogP contribution in [0.3, 0.4) is 0 Å². The van der Waals surface area contributed by atoms with Crippen molar-refractivity contribution in [3.63, 3.8) is 0 Å². The van der Waals surface area contributed by atoms with Crippen LogP contribution < -0.4 is 0 Å². The first-order valence-corrected chi connectivity index (χ1v) is 17.2. The monoisotopic (exact) mass is 658 g/mol. The zero-order valence-electron chi connectivity index (χ0n) is 27.8. The third kappa shape index (κ3) is 4.95. The van der Waals surface area contributed by atoms with Crippen LogP contribution in [0.15, 0.2) is 142 Å². The Balaban J connectivity index is 1.06. The molecule has 5 aromatic carbocycles. The second-order valence-corrected chi connectivity index (χ2v) is 13.0. The lowest BCUT2D eigenvalue weighted by molar-refractivity contribution is 0.595. The molecule has 0 radical (unpaired) electrons. The predicted molar refractivity (Wildman–Crippen MR) is 204 cm³/mol. The lowest BCUT2D eigenvalue weighted by Gasteiger charge is -2.12. The minimum atomic E-state index is 0.639. The number of pyridine rings is 1. The van der Waals surface area contributed by atoms with Crippen LogP contribution in [0.5, 0.6) is 0 Å². The van der Waals surface area contributed by atoms with Crippen molar-refractivity contribution in [3.05, 3.63) is 150 Å². The molecule has 0 spiro atoms. The van der Waals surface area contributed by atoms with E-state index in [2.05, 4.69) is 67.6 Å². The molecule has 4 heterocycles. The molecule has 0 saturated heterocycles. The van der Waals surface area contributed by atoms with Crippen LogP contribution in [0.1, 0.15) is 23.3 Å². The molecule has 1 aliphatic rings. The van der Waals surface area contributed by atoms with Crippen molar-refractivity contribution >= 4 is 39.2 Å². The molecular formula is C45H30N4O2. The summed E-state index contributed by atoms with van der Waals surface area (Å²) in [5.74, 6) is 2.82. The van der Waals surface area contributed by atoms with Gasteiger partial charge >= 0.3 is 0 Å². The van der Waals surface area contributed by atoms with E-state index in [0.717, 1.165) is 96.3 Å². The largest absolute Gasteiger partial charge is 0.454 e. The molecule has 9 aromatic rings. The van der Waals surface area contributed by atoms with Gasteiger partial charge in [0.05, 0.1) is 5.56 Å². The molecule has 242 valence electrons. The van der Waals surface area contributed by atoms with Gasteiger partial charge in [-0.1, -0.05) is 115 Å². The number of aryl methyl sites for hydroxylation is 2. The third-order valence-electron chi connectivity index (χ3n) is 9.76. The first kappa shape index (κ1) is 29.3. The van der Waals surface area contributed by atoms with Crippen LogP contribution in [-0.2, 0) is 6.42 Å². The van der Waals surface area contributed by atoms with Crippen LogP contribution in [0.4, 0.5) is 0 Å². The van der Waals surface area contributed by atoms with Gasteiger partial charge in [0, 0.05) is 27.6 Å². The Morgan fingerprint density at radius 2 is 1.14 bits per heavy atom. The van der Waals surface area contributed by atoms with Crippen LogP contribution in [0.25, 0.3) is 95.7 Å². The molecule has 0 atom stereocenters. The molecule has 0 amide bonds. The SMILES string of the molecule is Cc1cc(-c2nc(-c3ccccc3)nc(-c3ccccc3)n2)ccc1-c1ccc(-c2c3oc4c(c3nc3c2oc2ccccc23)CCC=C4)cc1. The second kappa shape index (κ2) is 11.7. The number of allylic oxidation sites excluding steroid dienone is 1. The van der Waals surface area contributed by atoms with E-state index in [1.807, 2.05) is 78.9 Å². The zero-order chi connectivity index (χ0) is 33.9. The summed E-state index contributed by atoms with van der Waals surface area (Å²) in [6.45, 7) is 2.13. The summed E-state index contributed by atoms with van der Waals surface area (Å²) in [6, 6.07) is 43.3. The van der Waals surface area contributed by atoms with Gasteiger partial charge < -0.3 is 8.83 Å². The maximum Gasteiger partial charge on any atom is 0.165 e. The summed E-state index contributed by atoms with van der Waals surface area (Å²) in [5, 5.41) is 1.01. The summed E-state index contributed by atoms with van der Waals surface area (Å²) in [5.41, 5.74) is 13.5. The molecule has 1 aliphatic carbocycles. The fourth-order valence-electron chi connectivity index (χ4n) is 7.23. The Morgan fingerprint density at radius 3 is 1.84 bits per heavy atom. The van der Waals surface area contributed by atoms with Gasteiger partial charge in [-0.25, -0.2) is 19.9 Å². The summed E-state index contributed by atoms with van der Waals surface area (Å²) in [4.78, 5) is 19.8. The molecule has 4 aromatic heterocycles. The highest BCUT2D eigenvalue weighted by Crippen LogP contribution is 2.43. The van der Waals surface area contributed by atoms with Crippen molar-refractivity contribution in [2.45, 2.75) is 19.8 Å². The summed E-state index contributed by atoms with van der Waals surface area (Å²) in [7, 11) is 0. The van der Waals surface area contributed by atoms with E-state index in [-0.39, 0.29) is 0 Å². The molecule has 6 heteroatoms. The molecular weight excluding hydrogens is 629 g/mol. The second-order valence-electron chi connectivity index (χ2n) is 13.0. The first-order chi connectivity index (χ1) is 25.2.